The van der Waals surface area contributed by atoms with Crippen LogP contribution in [0.25, 0.3) is 11.4 Å². The quantitative estimate of drug-likeness (QED) is 0.774. The summed E-state index contributed by atoms with van der Waals surface area (Å²) in [4.78, 5) is 18.9. The number of benzene rings is 1. The highest BCUT2D eigenvalue weighted by Crippen LogP contribution is 2.25. The van der Waals surface area contributed by atoms with Gasteiger partial charge in [0.25, 0.3) is 0 Å². The lowest BCUT2D eigenvalue weighted by Crippen LogP contribution is -2.40. The van der Waals surface area contributed by atoms with Gasteiger partial charge in [-0.05, 0) is 36.9 Å². The summed E-state index contributed by atoms with van der Waals surface area (Å²) in [6, 6.07) is 8.33. The molecule has 0 aliphatic carbocycles. The average Bonchev–Trinajstić information content (AvgIpc) is 3.14. The molecule has 0 saturated carbocycles. The van der Waals surface area contributed by atoms with E-state index in [1.807, 2.05) is 12.1 Å². The van der Waals surface area contributed by atoms with Crippen LogP contribution >= 0.6 is 0 Å². The van der Waals surface area contributed by atoms with Crippen molar-refractivity contribution in [3.8, 4) is 11.4 Å². The van der Waals surface area contributed by atoms with E-state index in [4.69, 9.17) is 4.52 Å². The number of piperidine rings is 1. The van der Waals surface area contributed by atoms with Crippen molar-refractivity contribution in [3.05, 3.63) is 48.4 Å². The second-order valence-electron chi connectivity index (χ2n) is 8.42. The Kier molecular flexibility index (Phi) is 6.29. The smallest absolute Gasteiger partial charge is 0.241 e. The number of rotatable bonds is 6. The van der Waals surface area contributed by atoms with Crippen LogP contribution in [-0.2, 0) is 16.8 Å². The van der Waals surface area contributed by atoms with E-state index in [9.17, 15) is 4.79 Å². The fourth-order valence-corrected chi connectivity index (χ4v) is 3.42. The molecule has 2 aromatic rings. The van der Waals surface area contributed by atoms with Crippen LogP contribution in [-0.4, -0.2) is 40.6 Å². The molecule has 28 heavy (non-hydrogen) atoms. The minimum absolute atomic E-state index is 0.0794. The van der Waals surface area contributed by atoms with E-state index in [1.54, 1.807) is 6.08 Å². The molecule has 0 radical (unpaired) electrons. The van der Waals surface area contributed by atoms with Gasteiger partial charge >= 0.3 is 0 Å². The maximum Gasteiger partial charge on any atom is 0.241 e. The van der Waals surface area contributed by atoms with Gasteiger partial charge in [0.15, 0.2) is 0 Å². The van der Waals surface area contributed by atoms with Gasteiger partial charge in [0.05, 0.1) is 6.54 Å². The van der Waals surface area contributed by atoms with Crippen molar-refractivity contribution in [3.63, 3.8) is 0 Å². The largest absolute Gasteiger partial charge is 0.352 e. The number of carbonyl (C=O) groups excluding carboxylic acids is 1. The summed E-state index contributed by atoms with van der Waals surface area (Å²) < 4.78 is 5.45. The third-order valence-corrected chi connectivity index (χ3v) is 5.22. The molecule has 6 nitrogen and oxygen atoms in total. The van der Waals surface area contributed by atoms with Gasteiger partial charge in [0.2, 0.25) is 17.6 Å². The highest BCUT2D eigenvalue weighted by molar-refractivity contribution is 5.78. The van der Waals surface area contributed by atoms with Crippen molar-refractivity contribution in [2.45, 2.75) is 45.6 Å². The van der Waals surface area contributed by atoms with Gasteiger partial charge in [-0.15, -0.1) is 6.58 Å². The zero-order chi connectivity index (χ0) is 20.1. The maximum atomic E-state index is 12.0. The van der Waals surface area contributed by atoms with Crippen LogP contribution < -0.4 is 5.32 Å². The third kappa shape index (κ3) is 5.07. The molecule has 1 aliphatic heterocycles. The van der Waals surface area contributed by atoms with Crippen LogP contribution in [0, 0.1) is 5.92 Å². The number of hydrogen-bond donors (Lipinski definition) is 1. The van der Waals surface area contributed by atoms with E-state index in [1.165, 1.54) is 5.56 Å². The second kappa shape index (κ2) is 8.69. The minimum atomic E-state index is 0.0794. The molecule has 1 saturated heterocycles. The van der Waals surface area contributed by atoms with Crippen molar-refractivity contribution in [1.82, 2.24) is 20.4 Å². The standard InChI is InChI=1S/C22H30N4O2/c1-5-12-23-21(27)17-10-13-26(14-11-17)15-19-24-20(25-28-19)16-6-8-18(9-7-16)22(2,3)4/h5-9,17H,1,10-15H2,2-4H3,(H,23,27). The van der Waals surface area contributed by atoms with Crippen molar-refractivity contribution in [2.75, 3.05) is 19.6 Å². The van der Waals surface area contributed by atoms with Crippen LogP contribution in [0.4, 0.5) is 0 Å². The molecular formula is C22H30N4O2. The van der Waals surface area contributed by atoms with E-state index in [-0.39, 0.29) is 17.2 Å². The number of nitrogens with one attached hydrogen (secondary N) is 1. The van der Waals surface area contributed by atoms with Crippen LogP contribution in [0.2, 0.25) is 0 Å². The summed E-state index contributed by atoms with van der Waals surface area (Å²) in [7, 11) is 0. The Balaban J connectivity index is 1.54. The number of carbonyl (C=O) groups is 1. The third-order valence-electron chi connectivity index (χ3n) is 5.22. The van der Waals surface area contributed by atoms with Gasteiger partial charge in [0.1, 0.15) is 0 Å². The lowest BCUT2D eigenvalue weighted by molar-refractivity contribution is -0.126. The molecule has 2 heterocycles. The first-order valence-electron chi connectivity index (χ1n) is 9.91. The summed E-state index contributed by atoms with van der Waals surface area (Å²) >= 11 is 0. The summed E-state index contributed by atoms with van der Waals surface area (Å²) in [5.41, 5.74) is 2.36. The number of aromatic nitrogens is 2. The predicted molar refractivity (Wildman–Crippen MR) is 110 cm³/mol. The molecule has 0 unspecified atom stereocenters. The first-order chi connectivity index (χ1) is 13.4. The molecule has 0 bridgehead atoms. The first-order valence-corrected chi connectivity index (χ1v) is 9.91. The maximum absolute atomic E-state index is 12.0. The molecule has 1 N–H and O–H groups in total. The molecule has 150 valence electrons. The SMILES string of the molecule is C=CCNC(=O)C1CCN(Cc2nc(-c3ccc(C(C)(C)C)cc3)no2)CC1. The van der Waals surface area contributed by atoms with Crippen molar-refractivity contribution >= 4 is 5.91 Å². The van der Waals surface area contributed by atoms with Gasteiger partial charge in [-0.1, -0.05) is 56.3 Å². The number of nitrogens with zero attached hydrogens (tertiary/aromatic N) is 3. The Morgan fingerprint density at radius 3 is 2.57 bits per heavy atom. The summed E-state index contributed by atoms with van der Waals surface area (Å²) in [6.07, 6.45) is 3.40. The van der Waals surface area contributed by atoms with E-state index in [0.29, 0.717) is 24.8 Å². The Morgan fingerprint density at radius 2 is 1.96 bits per heavy atom. The molecule has 1 fully saturated rings. The summed E-state index contributed by atoms with van der Waals surface area (Å²) in [5.74, 6) is 1.44. The lowest BCUT2D eigenvalue weighted by atomic mass is 9.87. The molecule has 0 atom stereocenters. The monoisotopic (exact) mass is 382 g/mol. The lowest BCUT2D eigenvalue weighted by Gasteiger charge is -2.30. The molecule has 1 aliphatic rings. The van der Waals surface area contributed by atoms with E-state index >= 15 is 0 Å². The topological polar surface area (TPSA) is 71.3 Å². The van der Waals surface area contributed by atoms with Gasteiger partial charge in [-0.25, -0.2) is 0 Å². The average molecular weight is 383 g/mol. The van der Waals surface area contributed by atoms with Crippen LogP contribution in [0.5, 0.6) is 0 Å². The zero-order valence-electron chi connectivity index (χ0n) is 17.1. The molecule has 6 heteroatoms. The Morgan fingerprint density at radius 1 is 1.29 bits per heavy atom. The van der Waals surface area contributed by atoms with E-state index in [2.05, 4.69) is 59.8 Å². The van der Waals surface area contributed by atoms with Gasteiger partial charge < -0.3 is 9.84 Å². The number of hydrogen-bond acceptors (Lipinski definition) is 5. The number of likely N-dealkylation sites (tertiary alicyclic amines) is 1. The molecule has 1 amide bonds. The summed E-state index contributed by atoms with van der Waals surface area (Å²) in [5, 5.41) is 7.02. The molecule has 3 rings (SSSR count). The molecule has 1 aromatic carbocycles. The molecule has 0 spiro atoms. The van der Waals surface area contributed by atoms with Gasteiger partial charge in [0, 0.05) is 18.0 Å². The van der Waals surface area contributed by atoms with Gasteiger partial charge in [-0.2, -0.15) is 4.98 Å². The van der Waals surface area contributed by atoms with Crippen molar-refractivity contribution in [2.24, 2.45) is 5.92 Å². The van der Waals surface area contributed by atoms with Crippen LogP contribution in [0.1, 0.15) is 45.1 Å². The fourth-order valence-electron chi connectivity index (χ4n) is 3.42. The first kappa shape index (κ1) is 20.3. The Labute approximate surface area is 167 Å². The highest BCUT2D eigenvalue weighted by atomic mass is 16.5. The highest BCUT2D eigenvalue weighted by Gasteiger charge is 2.25. The van der Waals surface area contributed by atoms with Crippen LogP contribution in [0.15, 0.2) is 41.4 Å². The van der Waals surface area contributed by atoms with E-state index < -0.39 is 0 Å². The predicted octanol–water partition coefficient (Wildman–Crippen LogP) is 3.55. The van der Waals surface area contributed by atoms with Gasteiger partial charge in [-0.3, -0.25) is 9.69 Å². The Hall–Kier alpha value is -2.47. The van der Waals surface area contributed by atoms with Crippen LogP contribution in [0.3, 0.4) is 0 Å². The Bertz CT molecular complexity index is 797. The van der Waals surface area contributed by atoms with Crippen molar-refractivity contribution in [1.29, 1.82) is 0 Å². The molecule has 1 aromatic heterocycles. The zero-order valence-corrected chi connectivity index (χ0v) is 17.1. The fraction of sp³-hybridized carbons (Fsp3) is 0.500. The normalized spacial score (nSPS) is 16.1. The van der Waals surface area contributed by atoms with E-state index in [0.717, 1.165) is 31.5 Å². The number of amides is 1. The van der Waals surface area contributed by atoms with Crippen molar-refractivity contribution < 1.29 is 9.32 Å². The second-order valence-corrected chi connectivity index (χ2v) is 8.42. The minimum Gasteiger partial charge on any atom is -0.352 e. The summed E-state index contributed by atoms with van der Waals surface area (Å²) in [6.45, 7) is 13.1. The molecular weight excluding hydrogens is 352 g/mol.